The predicted molar refractivity (Wildman–Crippen MR) is 92.6 cm³/mol. The lowest BCUT2D eigenvalue weighted by molar-refractivity contribution is -0.117. The van der Waals surface area contributed by atoms with E-state index in [9.17, 15) is 13.2 Å². The normalized spacial score (nSPS) is 17.8. The second kappa shape index (κ2) is 6.09. The molecule has 2 aromatic carbocycles. The Bertz CT molecular complexity index is 936. The number of amides is 1. The van der Waals surface area contributed by atoms with Gasteiger partial charge in [0.2, 0.25) is 5.91 Å². The maximum absolute atomic E-state index is 12.3. The van der Waals surface area contributed by atoms with Crippen LogP contribution in [0.3, 0.4) is 0 Å². The molecule has 0 aliphatic carbocycles. The number of benzene rings is 2. The summed E-state index contributed by atoms with van der Waals surface area (Å²) >= 11 is 0. The Kier molecular flexibility index (Phi) is 4.11. The zero-order valence-electron chi connectivity index (χ0n) is 13.3. The highest BCUT2D eigenvalue weighted by atomic mass is 32.2. The molecule has 0 aromatic heterocycles. The highest BCUT2D eigenvalue weighted by Crippen LogP contribution is 2.22. The number of anilines is 1. The van der Waals surface area contributed by atoms with E-state index in [4.69, 9.17) is 0 Å². The highest BCUT2D eigenvalue weighted by molar-refractivity contribution is 7.90. The Morgan fingerprint density at radius 2 is 1.92 bits per heavy atom. The molecule has 0 spiro atoms. The molecule has 0 radical (unpaired) electrons. The molecule has 7 heteroatoms. The van der Waals surface area contributed by atoms with E-state index in [0.717, 1.165) is 5.56 Å². The van der Waals surface area contributed by atoms with E-state index in [1.807, 2.05) is 25.1 Å². The molecule has 3 rings (SSSR count). The smallest absolute Gasteiger partial charge is 0.263 e. The summed E-state index contributed by atoms with van der Waals surface area (Å²) in [5.74, 6) is -0.117. The number of carbonyl (C=O) groups is 1. The van der Waals surface area contributed by atoms with Crippen LogP contribution in [0.5, 0.6) is 0 Å². The van der Waals surface area contributed by atoms with Crippen molar-refractivity contribution in [1.29, 1.82) is 0 Å². The second-order valence-electron chi connectivity index (χ2n) is 5.61. The number of carbonyl (C=O) groups excluding carboxylic acids is 1. The van der Waals surface area contributed by atoms with E-state index in [2.05, 4.69) is 15.0 Å². The Morgan fingerprint density at radius 3 is 2.67 bits per heavy atom. The molecule has 2 aromatic rings. The molecular weight excluding hydrogens is 326 g/mol. The summed E-state index contributed by atoms with van der Waals surface area (Å²) in [6.07, 6.45) is 0. The van der Waals surface area contributed by atoms with Crippen molar-refractivity contribution in [3.63, 3.8) is 0 Å². The second-order valence-corrected chi connectivity index (χ2v) is 7.26. The predicted octanol–water partition coefficient (Wildman–Crippen LogP) is 2.06. The zero-order valence-corrected chi connectivity index (χ0v) is 14.1. The molecule has 1 aliphatic heterocycles. The fourth-order valence-electron chi connectivity index (χ4n) is 2.45. The van der Waals surface area contributed by atoms with Gasteiger partial charge in [-0.3, -0.25) is 14.5 Å². The van der Waals surface area contributed by atoms with Crippen LogP contribution >= 0.6 is 0 Å². The first kappa shape index (κ1) is 16.2. The molecule has 0 saturated heterocycles. The van der Waals surface area contributed by atoms with Gasteiger partial charge in [0, 0.05) is 11.3 Å². The third-order valence-electron chi connectivity index (χ3n) is 3.65. The van der Waals surface area contributed by atoms with Gasteiger partial charge in [0.25, 0.3) is 10.0 Å². The quantitative estimate of drug-likeness (QED) is 0.894. The van der Waals surface area contributed by atoms with Crippen LogP contribution in [0.15, 0.2) is 58.4 Å². The number of aryl methyl sites for hydroxylation is 1. The molecule has 1 amide bonds. The number of nitrogens with zero attached hydrogens (tertiary/aromatic N) is 1. The van der Waals surface area contributed by atoms with Gasteiger partial charge < -0.3 is 5.32 Å². The van der Waals surface area contributed by atoms with Crippen molar-refractivity contribution in [1.82, 2.24) is 4.72 Å². The summed E-state index contributed by atoms with van der Waals surface area (Å²) < 4.78 is 26.5. The maximum Gasteiger partial charge on any atom is 0.263 e. The number of amidine groups is 1. The van der Waals surface area contributed by atoms with Gasteiger partial charge >= 0.3 is 0 Å². The van der Waals surface area contributed by atoms with Gasteiger partial charge in [0.15, 0.2) is 0 Å². The number of hydrogen-bond donors (Lipinski definition) is 2. The summed E-state index contributed by atoms with van der Waals surface area (Å²) in [6.45, 7) is 3.55. The lowest BCUT2D eigenvalue weighted by atomic mass is 10.2. The van der Waals surface area contributed by atoms with Crippen LogP contribution in [0, 0.1) is 6.92 Å². The van der Waals surface area contributed by atoms with Crippen LogP contribution in [-0.2, 0) is 14.8 Å². The SMILES string of the molecule is Cc1cccc(NC(=O)[C@H](C)N=C2NS(=O)(=O)c3ccccc32)c1. The average Bonchev–Trinajstić information content (AvgIpc) is 2.78. The van der Waals surface area contributed by atoms with Crippen molar-refractivity contribution in [3.8, 4) is 0 Å². The number of nitrogens with one attached hydrogen (secondary N) is 2. The van der Waals surface area contributed by atoms with Gasteiger partial charge in [-0.05, 0) is 43.7 Å². The number of fused-ring (bicyclic) bond motifs is 1. The van der Waals surface area contributed by atoms with Gasteiger partial charge in [0.05, 0.1) is 4.90 Å². The fourth-order valence-corrected chi connectivity index (χ4v) is 3.69. The minimum Gasteiger partial charge on any atom is -0.324 e. The first-order valence-corrected chi connectivity index (χ1v) is 8.93. The average molecular weight is 343 g/mol. The van der Waals surface area contributed by atoms with Gasteiger partial charge in [0.1, 0.15) is 11.9 Å². The van der Waals surface area contributed by atoms with Crippen molar-refractivity contribution in [2.24, 2.45) is 4.99 Å². The van der Waals surface area contributed by atoms with Gasteiger partial charge in [-0.25, -0.2) is 8.42 Å². The topological polar surface area (TPSA) is 87.6 Å². The Hall–Kier alpha value is -2.67. The molecule has 0 bridgehead atoms. The van der Waals surface area contributed by atoms with E-state index < -0.39 is 16.1 Å². The largest absolute Gasteiger partial charge is 0.324 e. The Balaban J connectivity index is 1.83. The molecule has 1 atom stereocenters. The standard InChI is InChI=1S/C17H17N3O3S/c1-11-6-5-7-13(10-11)19-17(21)12(2)18-16-14-8-3-4-9-15(14)24(22,23)20-16/h3-10,12H,1-2H3,(H,18,20)(H,19,21)/t12-/m0/s1. The van der Waals surface area contributed by atoms with Crippen LogP contribution in [0.25, 0.3) is 0 Å². The van der Waals surface area contributed by atoms with Crippen molar-refractivity contribution < 1.29 is 13.2 Å². The number of aliphatic imine (C=N–C) groups is 1. The highest BCUT2D eigenvalue weighted by Gasteiger charge is 2.31. The minimum absolute atomic E-state index is 0.176. The Labute approximate surface area is 140 Å². The third kappa shape index (κ3) is 3.16. The summed E-state index contributed by atoms with van der Waals surface area (Å²) in [7, 11) is -3.60. The summed E-state index contributed by atoms with van der Waals surface area (Å²) in [4.78, 5) is 16.7. The van der Waals surface area contributed by atoms with Crippen LogP contribution < -0.4 is 10.0 Å². The molecule has 2 N–H and O–H groups in total. The van der Waals surface area contributed by atoms with Gasteiger partial charge in [-0.1, -0.05) is 24.3 Å². The first-order chi connectivity index (χ1) is 11.4. The van der Waals surface area contributed by atoms with E-state index in [1.165, 1.54) is 6.07 Å². The lowest BCUT2D eigenvalue weighted by Gasteiger charge is -2.10. The summed E-state index contributed by atoms with van der Waals surface area (Å²) in [5.41, 5.74) is 2.19. The van der Waals surface area contributed by atoms with Crippen LogP contribution in [0.1, 0.15) is 18.1 Å². The molecule has 0 unspecified atom stereocenters. The van der Waals surface area contributed by atoms with E-state index in [0.29, 0.717) is 11.3 Å². The molecule has 1 aliphatic rings. The molecule has 124 valence electrons. The number of sulfonamides is 1. The molecule has 6 nitrogen and oxygen atoms in total. The monoisotopic (exact) mass is 343 g/mol. The zero-order chi connectivity index (χ0) is 17.3. The maximum atomic E-state index is 12.3. The van der Waals surface area contributed by atoms with Crippen molar-refractivity contribution in [2.45, 2.75) is 24.8 Å². The minimum atomic E-state index is -3.60. The molecular formula is C17H17N3O3S. The van der Waals surface area contributed by atoms with Crippen molar-refractivity contribution >= 4 is 27.5 Å². The molecule has 0 fully saturated rings. The number of hydrogen-bond acceptors (Lipinski definition) is 4. The van der Waals surface area contributed by atoms with Gasteiger partial charge in [-0.2, -0.15) is 0 Å². The van der Waals surface area contributed by atoms with E-state index in [-0.39, 0.29) is 16.6 Å². The van der Waals surface area contributed by atoms with Crippen molar-refractivity contribution in [3.05, 3.63) is 59.7 Å². The van der Waals surface area contributed by atoms with Crippen LogP contribution in [0.4, 0.5) is 5.69 Å². The Morgan fingerprint density at radius 1 is 1.17 bits per heavy atom. The third-order valence-corrected chi connectivity index (χ3v) is 5.05. The lowest BCUT2D eigenvalue weighted by Crippen LogP contribution is -2.28. The molecule has 1 heterocycles. The number of rotatable bonds is 3. The van der Waals surface area contributed by atoms with Crippen molar-refractivity contribution in [2.75, 3.05) is 5.32 Å². The molecule has 0 saturated carbocycles. The van der Waals surface area contributed by atoms with Gasteiger partial charge in [-0.15, -0.1) is 0 Å². The summed E-state index contributed by atoms with van der Waals surface area (Å²) in [6, 6.07) is 13.2. The fraction of sp³-hybridized carbons (Fsp3) is 0.176. The summed E-state index contributed by atoms with van der Waals surface area (Å²) in [5, 5.41) is 2.78. The first-order valence-electron chi connectivity index (χ1n) is 7.44. The van der Waals surface area contributed by atoms with Crippen LogP contribution in [-0.4, -0.2) is 26.2 Å². The van der Waals surface area contributed by atoms with E-state index in [1.54, 1.807) is 31.2 Å². The van der Waals surface area contributed by atoms with E-state index >= 15 is 0 Å². The van der Waals surface area contributed by atoms with Crippen LogP contribution in [0.2, 0.25) is 0 Å². The molecule has 24 heavy (non-hydrogen) atoms.